The maximum atomic E-state index is 2.37. The van der Waals surface area contributed by atoms with E-state index < -0.39 is 23.2 Å². The minimum atomic E-state index is -0.414. The van der Waals surface area contributed by atoms with Crippen molar-refractivity contribution in [1.82, 2.24) is 0 Å². The molecule has 0 saturated carbocycles. The first-order valence-corrected chi connectivity index (χ1v) is 8.29. The molecule has 2 aliphatic rings. The molecule has 0 heterocycles. The molecule has 0 saturated heterocycles. The Labute approximate surface area is 129 Å². The molecule has 2 rings (SSSR count). The van der Waals surface area contributed by atoms with Gasteiger partial charge in [-0.15, -0.1) is 24.8 Å². The van der Waals surface area contributed by atoms with Gasteiger partial charge in [0.25, 0.3) is 0 Å². The van der Waals surface area contributed by atoms with Gasteiger partial charge in [0, 0.05) is 0 Å². The molecule has 17 heavy (non-hydrogen) atoms. The van der Waals surface area contributed by atoms with Gasteiger partial charge < -0.3 is 0 Å². The summed E-state index contributed by atoms with van der Waals surface area (Å²) in [4.78, 5) is 0. The smallest absolute Gasteiger partial charge is 0.147 e. The van der Waals surface area contributed by atoms with Crippen molar-refractivity contribution in [3.05, 3.63) is 42.0 Å². The summed E-state index contributed by atoms with van der Waals surface area (Å²) in [6.07, 6.45) is 14.5. The van der Waals surface area contributed by atoms with E-state index in [0.29, 0.717) is 0 Å². The number of halogens is 2. The maximum Gasteiger partial charge on any atom is -0.147 e. The predicted molar refractivity (Wildman–Crippen MR) is 76.6 cm³/mol. The van der Waals surface area contributed by atoms with Crippen LogP contribution < -0.4 is 0 Å². The molecule has 94 valence electrons. The molecule has 2 aliphatic carbocycles. The third-order valence-corrected chi connectivity index (χ3v) is 7.26. The van der Waals surface area contributed by atoms with E-state index in [0.717, 1.165) is 0 Å². The van der Waals surface area contributed by atoms with Crippen molar-refractivity contribution >= 4 is 24.8 Å². The van der Waals surface area contributed by atoms with E-state index in [9.17, 15) is 0 Å². The number of hydrogen-bond donors (Lipinski definition) is 0. The van der Waals surface area contributed by atoms with Gasteiger partial charge in [0.1, 0.15) is 0 Å². The van der Waals surface area contributed by atoms with E-state index >= 15 is 0 Å². The second-order valence-corrected chi connectivity index (χ2v) is 7.83. The first kappa shape index (κ1) is 17.4. The second-order valence-electron chi connectivity index (χ2n) is 4.25. The first-order chi connectivity index (χ1) is 7.31. The van der Waals surface area contributed by atoms with Crippen LogP contribution in [0.2, 0.25) is 0 Å². The fraction of sp³-hybridized carbons (Fsp3) is 0.429. The average Bonchev–Trinajstić information content (AvgIpc) is 2.80. The second kappa shape index (κ2) is 8.51. The SMILES string of the molecule is CCCC1=[C]([Zr][C]2=C(C)C=CC2)CC=C1.Cl.Cl. The van der Waals surface area contributed by atoms with Crippen LogP contribution in [-0.4, -0.2) is 0 Å². The van der Waals surface area contributed by atoms with Crippen molar-refractivity contribution in [3.63, 3.8) is 0 Å². The molecular formula is C14H20Cl2Zr. The normalized spacial score (nSPS) is 17.3. The minimum absolute atomic E-state index is 0. The number of rotatable bonds is 4. The molecular weight excluding hydrogens is 330 g/mol. The Balaban J connectivity index is 0.00000128. The van der Waals surface area contributed by atoms with Gasteiger partial charge in [-0.1, -0.05) is 0 Å². The molecule has 0 fully saturated rings. The van der Waals surface area contributed by atoms with E-state index in [1.54, 1.807) is 14.4 Å². The van der Waals surface area contributed by atoms with Crippen LogP contribution in [0.1, 0.15) is 39.5 Å². The van der Waals surface area contributed by atoms with Gasteiger partial charge >= 0.3 is 105 Å². The van der Waals surface area contributed by atoms with Crippen LogP contribution in [-0.2, 0) is 23.2 Å². The summed E-state index contributed by atoms with van der Waals surface area (Å²) in [7, 11) is 0. The van der Waals surface area contributed by atoms with Crippen LogP contribution in [0, 0.1) is 0 Å². The molecule has 0 aromatic carbocycles. The average molecular weight is 350 g/mol. The third-order valence-electron chi connectivity index (χ3n) is 3.02. The summed E-state index contributed by atoms with van der Waals surface area (Å²) in [6, 6.07) is 0. The molecule has 0 nitrogen and oxygen atoms in total. The Morgan fingerprint density at radius 2 is 1.71 bits per heavy atom. The van der Waals surface area contributed by atoms with E-state index in [-0.39, 0.29) is 24.8 Å². The summed E-state index contributed by atoms with van der Waals surface area (Å²) in [5, 5.41) is 0. The van der Waals surface area contributed by atoms with Crippen molar-refractivity contribution in [2.24, 2.45) is 0 Å². The molecule has 0 aromatic heterocycles. The van der Waals surface area contributed by atoms with Crippen molar-refractivity contribution in [2.45, 2.75) is 39.5 Å². The number of allylic oxidation sites excluding steroid dienone is 8. The fourth-order valence-corrected chi connectivity index (χ4v) is 5.71. The van der Waals surface area contributed by atoms with Crippen molar-refractivity contribution < 1.29 is 23.2 Å². The standard InChI is InChI=1S/C8H11.C6H7.2ClH.Zr/c1-2-5-8-6-3-4-7-8;1-6-4-2-3-5-6;;;/h3,6H,2,4-5H2,1H3;2,4H,3H2,1H3;2*1H;. The van der Waals surface area contributed by atoms with Gasteiger partial charge in [0.2, 0.25) is 0 Å². The number of hydrogen-bond acceptors (Lipinski definition) is 0. The van der Waals surface area contributed by atoms with E-state index in [2.05, 4.69) is 38.2 Å². The van der Waals surface area contributed by atoms with Crippen molar-refractivity contribution in [3.8, 4) is 0 Å². The zero-order valence-corrected chi connectivity index (χ0v) is 14.5. The zero-order valence-electron chi connectivity index (χ0n) is 10.5. The van der Waals surface area contributed by atoms with Gasteiger partial charge in [-0.25, -0.2) is 0 Å². The van der Waals surface area contributed by atoms with Crippen LogP contribution in [0.5, 0.6) is 0 Å². The molecule has 0 unspecified atom stereocenters. The summed E-state index contributed by atoms with van der Waals surface area (Å²) in [5.41, 5.74) is 3.24. The van der Waals surface area contributed by atoms with Gasteiger partial charge in [0.15, 0.2) is 0 Å². The van der Waals surface area contributed by atoms with Gasteiger partial charge in [0.05, 0.1) is 0 Å². The molecule has 0 aliphatic heterocycles. The molecule has 0 atom stereocenters. The van der Waals surface area contributed by atoms with Crippen molar-refractivity contribution in [1.29, 1.82) is 0 Å². The first-order valence-electron chi connectivity index (χ1n) is 5.83. The molecule has 0 radical (unpaired) electrons. The van der Waals surface area contributed by atoms with Crippen molar-refractivity contribution in [2.75, 3.05) is 0 Å². The Kier molecular flexibility index (Phi) is 8.72. The summed E-state index contributed by atoms with van der Waals surface area (Å²) >= 11 is -0.414. The largest absolute Gasteiger partial charge is 0.147 e. The Morgan fingerprint density at radius 1 is 1.06 bits per heavy atom. The molecule has 0 bridgehead atoms. The minimum Gasteiger partial charge on any atom is -0.147 e. The van der Waals surface area contributed by atoms with Gasteiger partial charge in [-0.3, -0.25) is 0 Å². The summed E-state index contributed by atoms with van der Waals surface area (Å²) in [6.45, 7) is 4.56. The van der Waals surface area contributed by atoms with Crippen LogP contribution in [0.4, 0.5) is 0 Å². The molecule has 0 spiro atoms. The van der Waals surface area contributed by atoms with E-state index in [4.69, 9.17) is 0 Å². The van der Waals surface area contributed by atoms with Gasteiger partial charge in [-0.05, 0) is 0 Å². The van der Waals surface area contributed by atoms with E-state index in [1.165, 1.54) is 25.7 Å². The van der Waals surface area contributed by atoms with Crippen LogP contribution in [0.25, 0.3) is 0 Å². The predicted octanol–water partition coefficient (Wildman–Crippen LogP) is 5.16. The molecule has 0 amide bonds. The monoisotopic (exact) mass is 348 g/mol. The zero-order chi connectivity index (χ0) is 10.7. The quantitative estimate of drug-likeness (QED) is 0.657. The summed E-state index contributed by atoms with van der Waals surface area (Å²) < 4.78 is 3.63. The maximum absolute atomic E-state index is 2.37. The fourth-order valence-electron chi connectivity index (χ4n) is 2.13. The molecule has 0 N–H and O–H groups in total. The molecule has 3 heteroatoms. The van der Waals surface area contributed by atoms with Crippen LogP contribution >= 0.6 is 24.8 Å². The molecule has 0 aromatic rings. The topological polar surface area (TPSA) is 0 Å². The Hall–Kier alpha value is 0.423. The van der Waals surface area contributed by atoms with Crippen LogP contribution in [0.15, 0.2) is 42.0 Å². The van der Waals surface area contributed by atoms with Gasteiger partial charge in [-0.2, -0.15) is 0 Å². The van der Waals surface area contributed by atoms with E-state index in [1.807, 2.05) is 3.28 Å². The van der Waals surface area contributed by atoms with Crippen LogP contribution in [0.3, 0.4) is 0 Å². The summed E-state index contributed by atoms with van der Waals surface area (Å²) in [5.74, 6) is 0. The third kappa shape index (κ3) is 4.54. The Morgan fingerprint density at radius 3 is 2.29 bits per heavy atom. The Bertz CT molecular complexity index is 376.